The summed E-state index contributed by atoms with van der Waals surface area (Å²) in [6.07, 6.45) is 5.13. The molecule has 2 saturated carbocycles. The van der Waals surface area contributed by atoms with Crippen LogP contribution in [0, 0.1) is 11.3 Å². The highest BCUT2D eigenvalue weighted by atomic mass is 16.6. The molecule has 2 N–H and O–H groups in total. The molecule has 0 aromatic rings. The third-order valence-electron chi connectivity index (χ3n) is 4.48. The van der Waals surface area contributed by atoms with Gasteiger partial charge in [0.1, 0.15) is 5.60 Å². The van der Waals surface area contributed by atoms with Gasteiger partial charge in [-0.15, -0.1) is 0 Å². The van der Waals surface area contributed by atoms with E-state index in [0.29, 0.717) is 0 Å². The summed E-state index contributed by atoms with van der Waals surface area (Å²) in [7, 11) is 0. The van der Waals surface area contributed by atoms with Crippen LogP contribution in [-0.4, -0.2) is 28.8 Å². The Bertz CT molecular complexity index is 383. The van der Waals surface area contributed by atoms with Gasteiger partial charge in [-0.2, -0.15) is 0 Å². The maximum Gasteiger partial charge on any atom is 0.407 e. The van der Waals surface area contributed by atoms with Gasteiger partial charge in [0.2, 0.25) is 0 Å². The van der Waals surface area contributed by atoms with E-state index in [1.165, 1.54) is 0 Å². The molecule has 0 saturated heterocycles. The van der Waals surface area contributed by atoms with E-state index in [1.807, 2.05) is 20.8 Å². The van der Waals surface area contributed by atoms with Gasteiger partial charge in [0.05, 0.1) is 5.92 Å². The number of nitrogens with one attached hydrogen (secondary N) is 1. The number of carbonyl (C=O) groups is 2. The minimum Gasteiger partial charge on any atom is -0.481 e. The minimum atomic E-state index is -0.662. The highest BCUT2D eigenvalue weighted by molar-refractivity contribution is 5.71. The second kappa shape index (κ2) is 5.26. The van der Waals surface area contributed by atoms with Gasteiger partial charge in [-0.3, -0.25) is 4.79 Å². The molecule has 5 heteroatoms. The first-order valence-corrected chi connectivity index (χ1v) is 7.41. The quantitative estimate of drug-likeness (QED) is 0.817. The third-order valence-corrected chi connectivity index (χ3v) is 4.48. The molecule has 0 aromatic heterocycles. The lowest BCUT2D eigenvalue weighted by molar-refractivity contribution is -0.151. The van der Waals surface area contributed by atoms with Crippen molar-refractivity contribution in [1.29, 1.82) is 0 Å². The van der Waals surface area contributed by atoms with Crippen molar-refractivity contribution in [3.63, 3.8) is 0 Å². The molecular weight excluding hydrogens is 258 g/mol. The summed E-state index contributed by atoms with van der Waals surface area (Å²) in [4.78, 5) is 22.6. The fraction of sp³-hybridized carbons (Fsp3) is 0.867. The summed E-state index contributed by atoms with van der Waals surface area (Å²) in [6, 6.07) is 0.166. The topological polar surface area (TPSA) is 75.6 Å². The van der Waals surface area contributed by atoms with Crippen molar-refractivity contribution < 1.29 is 19.4 Å². The highest BCUT2D eigenvalue weighted by Crippen LogP contribution is 2.54. The number of hydrogen-bond donors (Lipinski definition) is 2. The summed E-state index contributed by atoms with van der Waals surface area (Å²) < 4.78 is 5.25. The molecule has 0 unspecified atom stereocenters. The van der Waals surface area contributed by atoms with Crippen LogP contribution in [0.2, 0.25) is 0 Å². The smallest absolute Gasteiger partial charge is 0.407 e. The van der Waals surface area contributed by atoms with E-state index >= 15 is 0 Å². The van der Waals surface area contributed by atoms with Gasteiger partial charge < -0.3 is 15.2 Å². The van der Waals surface area contributed by atoms with Crippen molar-refractivity contribution in [1.82, 2.24) is 5.32 Å². The predicted octanol–water partition coefficient (Wildman–Crippen LogP) is 2.93. The van der Waals surface area contributed by atoms with E-state index < -0.39 is 11.6 Å². The first kappa shape index (κ1) is 15.1. The monoisotopic (exact) mass is 283 g/mol. The van der Waals surface area contributed by atoms with Crippen LogP contribution in [0.4, 0.5) is 4.79 Å². The Balaban J connectivity index is 1.73. The molecule has 2 fully saturated rings. The lowest BCUT2D eigenvalue weighted by Gasteiger charge is -2.50. The van der Waals surface area contributed by atoms with Gasteiger partial charge in [0, 0.05) is 6.04 Å². The Morgan fingerprint density at radius 2 is 1.75 bits per heavy atom. The Morgan fingerprint density at radius 1 is 1.20 bits per heavy atom. The second-order valence-electron chi connectivity index (χ2n) is 7.36. The number of rotatable bonds is 2. The van der Waals surface area contributed by atoms with Crippen molar-refractivity contribution in [2.75, 3.05) is 0 Å². The number of carboxylic acids is 1. The van der Waals surface area contributed by atoms with E-state index in [-0.39, 0.29) is 23.5 Å². The molecule has 114 valence electrons. The zero-order valence-corrected chi connectivity index (χ0v) is 12.6. The van der Waals surface area contributed by atoms with Crippen molar-refractivity contribution in [2.45, 2.75) is 70.9 Å². The Kier molecular flexibility index (Phi) is 3.98. The first-order chi connectivity index (χ1) is 9.19. The number of ether oxygens (including phenoxy) is 1. The van der Waals surface area contributed by atoms with Gasteiger partial charge in [-0.1, -0.05) is 0 Å². The third kappa shape index (κ3) is 3.64. The predicted molar refractivity (Wildman–Crippen MR) is 74.4 cm³/mol. The van der Waals surface area contributed by atoms with E-state index in [1.54, 1.807) is 0 Å². The number of carbonyl (C=O) groups excluding carboxylic acids is 1. The van der Waals surface area contributed by atoms with Gasteiger partial charge in [0.15, 0.2) is 0 Å². The summed E-state index contributed by atoms with van der Waals surface area (Å²) in [5.41, 5.74) is -0.238. The van der Waals surface area contributed by atoms with E-state index in [4.69, 9.17) is 9.84 Å². The maximum absolute atomic E-state index is 11.7. The van der Waals surface area contributed by atoms with Crippen molar-refractivity contribution in [2.24, 2.45) is 11.3 Å². The molecule has 1 spiro atoms. The normalized spacial score (nSPS) is 33.4. The zero-order chi connectivity index (χ0) is 15.0. The molecule has 20 heavy (non-hydrogen) atoms. The number of amides is 1. The highest BCUT2D eigenvalue weighted by Gasteiger charge is 2.48. The fourth-order valence-electron chi connectivity index (χ4n) is 3.42. The number of aliphatic carboxylic acids is 1. The van der Waals surface area contributed by atoms with Gasteiger partial charge in [0.25, 0.3) is 0 Å². The number of carboxylic acid groups (broad SMARTS) is 1. The van der Waals surface area contributed by atoms with Gasteiger partial charge >= 0.3 is 12.1 Å². The number of hydrogen-bond acceptors (Lipinski definition) is 3. The molecule has 2 rings (SSSR count). The summed E-state index contributed by atoms with van der Waals surface area (Å²) in [5, 5.41) is 11.9. The Labute approximate surface area is 120 Å². The molecule has 2 aliphatic rings. The van der Waals surface area contributed by atoms with Crippen LogP contribution in [0.5, 0.6) is 0 Å². The van der Waals surface area contributed by atoms with E-state index in [9.17, 15) is 9.59 Å². The molecule has 0 bridgehead atoms. The maximum atomic E-state index is 11.7. The van der Waals surface area contributed by atoms with E-state index in [0.717, 1.165) is 38.5 Å². The van der Waals surface area contributed by atoms with Crippen molar-refractivity contribution >= 4 is 12.1 Å². The zero-order valence-electron chi connectivity index (χ0n) is 12.6. The fourth-order valence-corrected chi connectivity index (χ4v) is 3.42. The molecule has 0 atom stereocenters. The standard InChI is InChI=1S/C15H25NO4/c1-14(2,3)20-13(19)16-11-4-6-15(7-5-11)8-10(9-15)12(17)18/h10-11H,4-9H2,1-3H3,(H,16,19)(H,17,18). The van der Waals surface area contributed by atoms with Crippen LogP contribution in [0.15, 0.2) is 0 Å². The molecule has 5 nitrogen and oxygen atoms in total. The minimum absolute atomic E-state index is 0.148. The molecule has 1 amide bonds. The van der Waals surface area contributed by atoms with Crippen LogP contribution < -0.4 is 5.32 Å². The van der Waals surface area contributed by atoms with Crippen LogP contribution >= 0.6 is 0 Å². The Hall–Kier alpha value is -1.26. The lowest BCUT2D eigenvalue weighted by atomic mass is 9.55. The molecular formula is C15H25NO4. The number of alkyl carbamates (subject to hydrolysis) is 1. The molecule has 0 aromatic carbocycles. The first-order valence-electron chi connectivity index (χ1n) is 7.41. The van der Waals surface area contributed by atoms with Gasteiger partial charge in [-0.25, -0.2) is 4.79 Å². The van der Waals surface area contributed by atoms with Crippen LogP contribution in [-0.2, 0) is 9.53 Å². The average Bonchev–Trinajstić information content (AvgIpc) is 2.24. The van der Waals surface area contributed by atoms with Crippen molar-refractivity contribution in [3.8, 4) is 0 Å². The summed E-state index contributed by atoms with van der Waals surface area (Å²) >= 11 is 0. The second-order valence-corrected chi connectivity index (χ2v) is 7.36. The Morgan fingerprint density at radius 3 is 2.20 bits per heavy atom. The summed E-state index contributed by atoms with van der Waals surface area (Å²) in [6.45, 7) is 5.55. The van der Waals surface area contributed by atoms with Crippen LogP contribution in [0.25, 0.3) is 0 Å². The average molecular weight is 283 g/mol. The largest absolute Gasteiger partial charge is 0.481 e. The van der Waals surface area contributed by atoms with Crippen molar-refractivity contribution in [3.05, 3.63) is 0 Å². The molecule has 0 aliphatic heterocycles. The molecule has 0 radical (unpaired) electrons. The molecule has 2 aliphatic carbocycles. The van der Waals surface area contributed by atoms with Crippen LogP contribution in [0.3, 0.4) is 0 Å². The SMILES string of the molecule is CC(C)(C)OC(=O)NC1CCC2(CC1)CC(C(=O)O)C2. The van der Waals surface area contributed by atoms with Gasteiger partial charge in [-0.05, 0) is 64.7 Å². The van der Waals surface area contributed by atoms with E-state index in [2.05, 4.69) is 5.32 Å². The molecule has 0 heterocycles. The summed E-state index contributed by atoms with van der Waals surface area (Å²) in [5.74, 6) is -0.810. The van der Waals surface area contributed by atoms with Crippen LogP contribution in [0.1, 0.15) is 59.3 Å². The lowest BCUT2D eigenvalue weighted by Crippen LogP contribution is -2.48.